The molecule has 0 aliphatic rings. The fourth-order valence-corrected chi connectivity index (χ4v) is 1.34. The second kappa shape index (κ2) is 5.48. The van der Waals surface area contributed by atoms with E-state index in [0.29, 0.717) is 0 Å². The molecule has 0 spiro atoms. The maximum atomic E-state index is 12.0. The highest BCUT2D eigenvalue weighted by Crippen LogP contribution is 2.17. The zero-order valence-electron chi connectivity index (χ0n) is 11.0. The Morgan fingerprint density at radius 2 is 1.95 bits per heavy atom. The minimum atomic E-state index is -0.973. The van der Waals surface area contributed by atoms with Gasteiger partial charge in [0.1, 0.15) is 5.54 Å². The average Bonchev–Trinajstić information content (AvgIpc) is 2.38. The van der Waals surface area contributed by atoms with Crippen molar-refractivity contribution in [1.82, 2.24) is 5.32 Å². The number of carbonyl (C=O) groups excluding carboxylic acids is 1. The normalized spacial score (nSPS) is 13.4. The maximum absolute atomic E-state index is 12.0. The van der Waals surface area contributed by atoms with Gasteiger partial charge in [0, 0.05) is 17.7 Å². The molecule has 0 radical (unpaired) electrons. The van der Waals surface area contributed by atoms with Crippen molar-refractivity contribution < 1.29 is 9.72 Å². The van der Waals surface area contributed by atoms with Gasteiger partial charge in [-0.25, -0.2) is 0 Å². The van der Waals surface area contributed by atoms with Gasteiger partial charge in [-0.1, -0.05) is 13.8 Å². The van der Waals surface area contributed by atoms with E-state index in [0.717, 1.165) is 0 Å². The van der Waals surface area contributed by atoms with Crippen molar-refractivity contribution in [3.05, 3.63) is 39.9 Å². The minimum Gasteiger partial charge on any atom is -0.334 e. The van der Waals surface area contributed by atoms with E-state index in [1.165, 1.54) is 24.3 Å². The molecule has 6 nitrogen and oxygen atoms in total. The number of nitriles is 1. The summed E-state index contributed by atoms with van der Waals surface area (Å²) in [6, 6.07) is 7.32. The van der Waals surface area contributed by atoms with E-state index in [1.807, 2.05) is 13.8 Å². The van der Waals surface area contributed by atoms with Gasteiger partial charge >= 0.3 is 0 Å². The molecule has 100 valence electrons. The lowest BCUT2D eigenvalue weighted by molar-refractivity contribution is -0.384. The molecule has 19 heavy (non-hydrogen) atoms. The third kappa shape index (κ3) is 3.28. The molecule has 1 amide bonds. The molecule has 0 unspecified atom stereocenters. The van der Waals surface area contributed by atoms with Gasteiger partial charge in [-0.15, -0.1) is 0 Å². The first-order valence-electron chi connectivity index (χ1n) is 5.78. The SMILES string of the molecule is CC(C)[C@@](C)(C#N)NC(=O)c1ccc([N+](=O)[O-])cc1. The van der Waals surface area contributed by atoms with Crippen LogP contribution in [0.2, 0.25) is 0 Å². The number of nitro groups is 1. The van der Waals surface area contributed by atoms with Gasteiger partial charge in [0.15, 0.2) is 0 Å². The molecule has 6 heteroatoms. The van der Waals surface area contributed by atoms with Crippen molar-refractivity contribution in [3.63, 3.8) is 0 Å². The van der Waals surface area contributed by atoms with Gasteiger partial charge in [-0.2, -0.15) is 5.26 Å². The van der Waals surface area contributed by atoms with Crippen LogP contribution in [0.4, 0.5) is 5.69 Å². The lowest BCUT2D eigenvalue weighted by Gasteiger charge is -2.27. The summed E-state index contributed by atoms with van der Waals surface area (Å²) in [7, 11) is 0. The molecule has 0 fully saturated rings. The van der Waals surface area contributed by atoms with Gasteiger partial charge in [0.2, 0.25) is 0 Å². The molecule has 1 aromatic rings. The van der Waals surface area contributed by atoms with Crippen LogP contribution in [-0.4, -0.2) is 16.4 Å². The molecule has 0 aliphatic carbocycles. The number of hydrogen-bond acceptors (Lipinski definition) is 4. The summed E-state index contributed by atoms with van der Waals surface area (Å²) in [4.78, 5) is 21.9. The summed E-state index contributed by atoms with van der Waals surface area (Å²) in [5, 5.41) is 22.3. The Labute approximate surface area is 111 Å². The second-order valence-corrected chi connectivity index (χ2v) is 4.73. The molecular weight excluding hydrogens is 246 g/mol. The molecule has 1 atom stereocenters. The Balaban J connectivity index is 2.90. The smallest absolute Gasteiger partial charge is 0.269 e. The summed E-state index contributed by atoms with van der Waals surface area (Å²) >= 11 is 0. The lowest BCUT2D eigenvalue weighted by atomic mass is 9.90. The molecule has 0 heterocycles. The van der Waals surface area contributed by atoms with Gasteiger partial charge in [-0.05, 0) is 25.0 Å². The number of hydrogen-bond donors (Lipinski definition) is 1. The largest absolute Gasteiger partial charge is 0.334 e. The Hall–Kier alpha value is -2.42. The summed E-state index contributed by atoms with van der Waals surface area (Å²) in [6.45, 7) is 5.31. The Kier molecular flexibility index (Phi) is 4.22. The number of nitrogens with zero attached hydrogens (tertiary/aromatic N) is 2. The standard InChI is InChI=1S/C13H15N3O3/c1-9(2)13(3,8-14)15-12(17)10-4-6-11(7-5-10)16(18)19/h4-7,9H,1-3H3,(H,15,17)/t13-/m1/s1. The fraction of sp³-hybridized carbons (Fsp3) is 0.385. The van der Waals surface area contributed by atoms with E-state index in [-0.39, 0.29) is 17.2 Å². The van der Waals surface area contributed by atoms with Crippen LogP contribution in [0, 0.1) is 27.4 Å². The van der Waals surface area contributed by atoms with Crippen LogP contribution in [0.3, 0.4) is 0 Å². The molecule has 0 bridgehead atoms. The van der Waals surface area contributed by atoms with Crippen LogP contribution in [0.1, 0.15) is 31.1 Å². The monoisotopic (exact) mass is 261 g/mol. The number of rotatable bonds is 4. The predicted molar refractivity (Wildman–Crippen MR) is 69.4 cm³/mol. The van der Waals surface area contributed by atoms with E-state index in [9.17, 15) is 14.9 Å². The van der Waals surface area contributed by atoms with E-state index in [2.05, 4.69) is 11.4 Å². The molecule has 1 aromatic carbocycles. The first-order valence-corrected chi connectivity index (χ1v) is 5.78. The first-order chi connectivity index (χ1) is 8.80. The van der Waals surface area contributed by atoms with Crippen LogP contribution >= 0.6 is 0 Å². The number of non-ortho nitro benzene ring substituents is 1. The van der Waals surface area contributed by atoms with Crippen molar-refractivity contribution in [2.24, 2.45) is 5.92 Å². The quantitative estimate of drug-likeness (QED) is 0.664. The zero-order chi connectivity index (χ0) is 14.6. The van der Waals surface area contributed by atoms with Gasteiger partial charge in [0.05, 0.1) is 11.0 Å². The molecule has 0 saturated carbocycles. The maximum Gasteiger partial charge on any atom is 0.269 e. The third-order valence-corrected chi connectivity index (χ3v) is 3.10. The third-order valence-electron chi connectivity index (χ3n) is 3.10. The van der Waals surface area contributed by atoms with E-state index in [4.69, 9.17) is 5.26 Å². The van der Waals surface area contributed by atoms with Crippen molar-refractivity contribution in [1.29, 1.82) is 5.26 Å². The highest BCUT2D eigenvalue weighted by Gasteiger charge is 2.30. The van der Waals surface area contributed by atoms with Crippen LogP contribution in [-0.2, 0) is 0 Å². The topological polar surface area (TPSA) is 96.0 Å². The highest BCUT2D eigenvalue weighted by atomic mass is 16.6. The number of nitro benzene ring substituents is 1. The Morgan fingerprint density at radius 1 is 1.42 bits per heavy atom. The molecular formula is C13H15N3O3. The summed E-state index contributed by atoms with van der Waals surface area (Å²) < 4.78 is 0. The van der Waals surface area contributed by atoms with Crippen molar-refractivity contribution >= 4 is 11.6 Å². The predicted octanol–water partition coefficient (Wildman–Crippen LogP) is 2.26. The lowest BCUT2D eigenvalue weighted by Crippen LogP contribution is -2.48. The minimum absolute atomic E-state index is 0.0560. The molecule has 0 aliphatic heterocycles. The van der Waals surface area contributed by atoms with Crippen molar-refractivity contribution in [2.75, 3.05) is 0 Å². The number of amides is 1. The van der Waals surface area contributed by atoms with Gasteiger partial charge < -0.3 is 5.32 Å². The summed E-state index contributed by atoms with van der Waals surface area (Å²) in [6.07, 6.45) is 0. The molecule has 1 N–H and O–H groups in total. The fourth-order valence-electron chi connectivity index (χ4n) is 1.34. The van der Waals surface area contributed by atoms with Crippen LogP contribution in [0.5, 0.6) is 0 Å². The van der Waals surface area contributed by atoms with Crippen LogP contribution < -0.4 is 5.32 Å². The van der Waals surface area contributed by atoms with E-state index in [1.54, 1.807) is 6.92 Å². The number of carbonyl (C=O) groups is 1. The number of nitrogens with one attached hydrogen (secondary N) is 1. The average molecular weight is 261 g/mol. The van der Waals surface area contributed by atoms with Crippen molar-refractivity contribution in [2.45, 2.75) is 26.3 Å². The van der Waals surface area contributed by atoms with Gasteiger partial charge in [0.25, 0.3) is 11.6 Å². The summed E-state index contributed by atoms with van der Waals surface area (Å²) in [5.74, 6) is -0.479. The van der Waals surface area contributed by atoms with Crippen LogP contribution in [0.15, 0.2) is 24.3 Å². The van der Waals surface area contributed by atoms with E-state index < -0.39 is 16.4 Å². The second-order valence-electron chi connectivity index (χ2n) is 4.73. The highest BCUT2D eigenvalue weighted by molar-refractivity contribution is 5.95. The molecule has 0 aromatic heterocycles. The number of benzene rings is 1. The van der Waals surface area contributed by atoms with Gasteiger partial charge in [-0.3, -0.25) is 14.9 Å². The summed E-state index contributed by atoms with van der Waals surface area (Å²) in [5.41, 5.74) is -0.769. The molecule has 1 rings (SSSR count). The zero-order valence-corrected chi connectivity index (χ0v) is 11.0. The van der Waals surface area contributed by atoms with Crippen LogP contribution in [0.25, 0.3) is 0 Å². The first kappa shape index (κ1) is 14.6. The Bertz CT molecular complexity index is 531. The van der Waals surface area contributed by atoms with Crippen molar-refractivity contribution in [3.8, 4) is 6.07 Å². The van der Waals surface area contributed by atoms with E-state index >= 15 is 0 Å². The Morgan fingerprint density at radius 3 is 2.32 bits per heavy atom. The molecule has 0 saturated heterocycles.